The molecule has 1 aromatic carbocycles. The standard InChI is InChI=1S/C9H10N2O/c1-7-2-3-9-8(6-7)11(10)4-5-12-9/h2-6H,10H2,1H3. The topological polar surface area (TPSA) is 38.5 Å². The van der Waals surface area contributed by atoms with Gasteiger partial charge in [-0.15, -0.1) is 0 Å². The van der Waals surface area contributed by atoms with Gasteiger partial charge in [0.15, 0.2) is 5.75 Å². The van der Waals surface area contributed by atoms with Crippen molar-refractivity contribution in [2.45, 2.75) is 6.92 Å². The molecule has 3 nitrogen and oxygen atoms in total. The zero-order valence-electron chi connectivity index (χ0n) is 6.82. The first-order chi connectivity index (χ1) is 5.77. The van der Waals surface area contributed by atoms with Gasteiger partial charge < -0.3 is 4.74 Å². The van der Waals surface area contributed by atoms with Gasteiger partial charge in [0.05, 0.1) is 11.9 Å². The Morgan fingerprint density at radius 2 is 2.25 bits per heavy atom. The van der Waals surface area contributed by atoms with Gasteiger partial charge in [0.2, 0.25) is 0 Å². The van der Waals surface area contributed by atoms with Gasteiger partial charge in [0.1, 0.15) is 6.26 Å². The molecule has 0 spiro atoms. The van der Waals surface area contributed by atoms with Crippen LogP contribution in [0.2, 0.25) is 0 Å². The maximum absolute atomic E-state index is 5.68. The Labute approximate surface area is 71.0 Å². The predicted octanol–water partition coefficient (Wildman–Crippen LogP) is 1.54. The number of nitrogens with two attached hydrogens (primary N) is 1. The van der Waals surface area contributed by atoms with Crippen molar-refractivity contribution in [1.82, 2.24) is 0 Å². The van der Waals surface area contributed by atoms with Crippen molar-refractivity contribution in [1.29, 1.82) is 0 Å². The third kappa shape index (κ3) is 1.04. The van der Waals surface area contributed by atoms with Crippen LogP contribution in [0.3, 0.4) is 0 Å². The van der Waals surface area contributed by atoms with E-state index in [4.69, 9.17) is 10.6 Å². The largest absolute Gasteiger partial charge is 0.461 e. The van der Waals surface area contributed by atoms with E-state index in [-0.39, 0.29) is 0 Å². The maximum atomic E-state index is 5.68. The second kappa shape index (κ2) is 2.53. The van der Waals surface area contributed by atoms with Crippen molar-refractivity contribution in [2.24, 2.45) is 5.84 Å². The van der Waals surface area contributed by atoms with E-state index in [9.17, 15) is 0 Å². The number of hydrogen-bond acceptors (Lipinski definition) is 3. The fraction of sp³-hybridized carbons (Fsp3) is 0.111. The highest BCUT2D eigenvalue weighted by Crippen LogP contribution is 2.30. The van der Waals surface area contributed by atoms with Crippen LogP contribution in [0.4, 0.5) is 5.69 Å². The van der Waals surface area contributed by atoms with Gasteiger partial charge in [-0.2, -0.15) is 0 Å². The number of rotatable bonds is 0. The molecular formula is C9H10N2O. The van der Waals surface area contributed by atoms with E-state index in [2.05, 4.69) is 0 Å². The second-order valence-electron chi connectivity index (χ2n) is 2.78. The van der Waals surface area contributed by atoms with Gasteiger partial charge in [-0.05, 0) is 24.6 Å². The Morgan fingerprint density at radius 1 is 1.42 bits per heavy atom. The molecule has 0 unspecified atom stereocenters. The zero-order chi connectivity index (χ0) is 8.55. The number of fused-ring (bicyclic) bond motifs is 1. The summed E-state index contributed by atoms with van der Waals surface area (Å²) in [6.07, 6.45) is 3.25. The lowest BCUT2D eigenvalue weighted by Gasteiger charge is -2.21. The molecule has 2 N–H and O–H groups in total. The molecule has 0 saturated heterocycles. The van der Waals surface area contributed by atoms with E-state index >= 15 is 0 Å². The number of anilines is 1. The van der Waals surface area contributed by atoms with Crippen molar-refractivity contribution in [3.63, 3.8) is 0 Å². The van der Waals surface area contributed by atoms with Gasteiger partial charge in [-0.3, -0.25) is 5.01 Å². The number of nitrogens with zero attached hydrogens (tertiary/aromatic N) is 1. The van der Waals surface area contributed by atoms with Crippen LogP contribution >= 0.6 is 0 Å². The second-order valence-corrected chi connectivity index (χ2v) is 2.78. The molecule has 12 heavy (non-hydrogen) atoms. The van der Waals surface area contributed by atoms with Crippen molar-refractivity contribution >= 4 is 5.69 Å². The molecule has 0 saturated carbocycles. The Morgan fingerprint density at radius 3 is 3.08 bits per heavy atom. The third-order valence-corrected chi connectivity index (χ3v) is 1.81. The molecule has 2 rings (SSSR count). The summed E-state index contributed by atoms with van der Waals surface area (Å²) in [6, 6.07) is 5.89. The van der Waals surface area contributed by atoms with Crippen LogP contribution in [0.25, 0.3) is 0 Å². The Hall–Kier alpha value is -1.48. The summed E-state index contributed by atoms with van der Waals surface area (Å²) >= 11 is 0. The van der Waals surface area contributed by atoms with Crippen LogP contribution in [0.1, 0.15) is 5.56 Å². The summed E-state index contributed by atoms with van der Waals surface area (Å²) in [7, 11) is 0. The van der Waals surface area contributed by atoms with Crippen LogP contribution in [-0.4, -0.2) is 0 Å². The molecule has 1 aromatic rings. The maximum Gasteiger partial charge on any atom is 0.151 e. The number of hydrazine groups is 1. The van der Waals surface area contributed by atoms with E-state index in [1.165, 1.54) is 5.56 Å². The third-order valence-electron chi connectivity index (χ3n) is 1.81. The SMILES string of the molecule is Cc1ccc2c(c1)N(N)C=CO2. The number of aryl methyl sites for hydroxylation is 1. The molecule has 0 radical (unpaired) electrons. The highest BCUT2D eigenvalue weighted by atomic mass is 16.5. The fourth-order valence-electron chi connectivity index (χ4n) is 1.18. The first-order valence-corrected chi connectivity index (χ1v) is 3.75. The van der Waals surface area contributed by atoms with Crippen LogP contribution in [0.5, 0.6) is 5.75 Å². The molecule has 0 aromatic heterocycles. The fourth-order valence-corrected chi connectivity index (χ4v) is 1.18. The smallest absolute Gasteiger partial charge is 0.151 e. The monoisotopic (exact) mass is 162 g/mol. The van der Waals surface area contributed by atoms with Crippen molar-refractivity contribution in [2.75, 3.05) is 5.01 Å². The lowest BCUT2D eigenvalue weighted by atomic mass is 10.2. The average Bonchev–Trinajstić information content (AvgIpc) is 2.07. The molecule has 1 heterocycles. The van der Waals surface area contributed by atoms with Crippen molar-refractivity contribution in [3.05, 3.63) is 36.2 Å². The predicted molar refractivity (Wildman–Crippen MR) is 47.6 cm³/mol. The molecule has 1 aliphatic rings. The van der Waals surface area contributed by atoms with E-state index in [0.717, 1.165) is 11.4 Å². The van der Waals surface area contributed by atoms with Crippen molar-refractivity contribution < 1.29 is 4.74 Å². The lowest BCUT2D eigenvalue weighted by molar-refractivity contribution is 0.469. The Balaban J connectivity index is 2.52. The average molecular weight is 162 g/mol. The molecule has 0 atom stereocenters. The van der Waals surface area contributed by atoms with E-state index in [1.807, 2.05) is 25.1 Å². The highest BCUT2D eigenvalue weighted by Gasteiger charge is 2.10. The molecule has 0 amide bonds. The van der Waals surface area contributed by atoms with Gasteiger partial charge in [0, 0.05) is 0 Å². The van der Waals surface area contributed by atoms with E-state index < -0.39 is 0 Å². The van der Waals surface area contributed by atoms with Gasteiger partial charge >= 0.3 is 0 Å². The van der Waals surface area contributed by atoms with Crippen LogP contribution in [0.15, 0.2) is 30.7 Å². The number of hydrogen-bond donors (Lipinski definition) is 1. The normalized spacial score (nSPS) is 14.0. The van der Waals surface area contributed by atoms with Crippen LogP contribution in [0, 0.1) is 6.92 Å². The molecule has 0 bridgehead atoms. The van der Waals surface area contributed by atoms with Crippen LogP contribution in [-0.2, 0) is 0 Å². The zero-order valence-corrected chi connectivity index (χ0v) is 6.82. The molecule has 62 valence electrons. The first-order valence-electron chi connectivity index (χ1n) is 3.75. The van der Waals surface area contributed by atoms with Crippen LogP contribution < -0.4 is 15.6 Å². The number of ether oxygens (including phenoxy) is 1. The molecule has 0 aliphatic carbocycles. The summed E-state index contributed by atoms with van der Waals surface area (Å²) < 4.78 is 5.25. The quantitative estimate of drug-likeness (QED) is 0.588. The van der Waals surface area contributed by atoms with Gasteiger partial charge in [-0.25, -0.2) is 5.84 Å². The first kappa shape index (κ1) is 7.18. The van der Waals surface area contributed by atoms with Gasteiger partial charge in [-0.1, -0.05) is 6.07 Å². The van der Waals surface area contributed by atoms with Crippen molar-refractivity contribution in [3.8, 4) is 5.75 Å². The summed E-state index contributed by atoms with van der Waals surface area (Å²) in [5.41, 5.74) is 2.07. The molecule has 0 fully saturated rings. The minimum absolute atomic E-state index is 0.797. The summed E-state index contributed by atoms with van der Waals surface area (Å²) in [6.45, 7) is 2.02. The Kier molecular flexibility index (Phi) is 1.52. The van der Waals surface area contributed by atoms with E-state index in [1.54, 1.807) is 17.5 Å². The molecule has 1 aliphatic heterocycles. The minimum Gasteiger partial charge on any atom is -0.461 e. The summed E-state index contributed by atoms with van der Waals surface area (Å²) in [4.78, 5) is 0. The lowest BCUT2D eigenvalue weighted by Crippen LogP contribution is -2.26. The van der Waals surface area contributed by atoms with Gasteiger partial charge in [0.25, 0.3) is 0 Å². The minimum atomic E-state index is 0.797. The van der Waals surface area contributed by atoms with E-state index in [0.29, 0.717) is 0 Å². The highest BCUT2D eigenvalue weighted by molar-refractivity contribution is 5.62. The molecular weight excluding hydrogens is 152 g/mol. The summed E-state index contributed by atoms with van der Waals surface area (Å²) in [5, 5.41) is 1.55. The Bertz CT molecular complexity index is 333. The number of benzene rings is 1. The molecule has 3 heteroatoms. The summed E-state index contributed by atoms with van der Waals surface area (Å²) in [5.74, 6) is 6.48.